The summed E-state index contributed by atoms with van der Waals surface area (Å²) in [5.74, 6) is 0.131. The average molecular weight is 741 g/mol. The topological polar surface area (TPSA) is 26.9 Å². The maximum atomic E-state index is 13.9. The van der Waals surface area contributed by atoms with E-state index in [1.807, 2.05) is 12.1 Å². The van der Waals surface area contributed by atoms with Gasteiger partial charge in [-0.05, 0) is 0 Å². The second-order valence-corrected chi connectivity index (χ2v) is 16.6. The van der Waals surface area contributed by atoms with Crippen LogP contribution in [0.25, 0.3) is 55.0 Å². The molecule has 0 fully saturated rings. The molecule has 3 aliphatic rings. The van der Waals surface area contributed by atoms with E-state index in [1.54, 1.807) is 0 Å². The van der Waals surface area contributed by atoms with Gasteiger partial charge in [-0.3, -0.25) is 0 Å². The van der Waals surface area contributed by atoms with Crippen LogP contribution in [0.2, 0.25) is 0 Å². The number of fused-ring (bicyclic) bond motifs is 10. The van der Waals surface area contributed by atoms with Crippen LogP contribution >= 0.6 is 0 Å². The van der Waals surface area contributed by atoms with Gasteiger partial charge in [-0.2, -0.15) is 0 Å². The van der Waals surface area contributed by atoms with Crippen LogP contribution in [0.4, 0.5) is 0 Å². The molecule has 0 amide bonds. The first-order valence-electron chi connectivity index (χ1n) is 16.9. The van der Waals surface area contributed by atoms with E-state index in [-0.39, 0.29) is 11.7 Å². The first kappa shape index (κ1) is 27.7. The Bertz CT molecular complexity index is 2750. The number of carbonyl (C=O) groups excluding carboxylic acids is 1. The van der Waals surface area contributed by atoms with E-state index in [0.29, 0.717) is 0 Å². The van der Waals surface area contributed by atoms with Crippen molar-refractivity contribution in [2.45, 2.75) is 12.8 Å². The summed E-state index contributed by atoms with van der Waals surface area (Å²) in [7, 11) is 0. The number of ketones is 1. The number of para-hydroxylation sites is 4. The Morgan fingerprint density at radius 2 is 1.10 bits per heavy atom. The quantitative estimate of drug-likeness (QED) is 0.163. The van der Waals surface area contributed by atoms with Gasteiger partial charge in [0.2, 0.25) is 0 Å². The molecule has 1 aliphatic heterocycles. The number of Topliss-reactive ketones (excluding diaryl/α,β-unsaturated/α-hetero) is 1. The van der Waals surface area contributed by atoms with Crippen LogP contribution in [0.15, 0.2) is 157 Å². The number of benzene rings is 6. The summed E-state index contributed by atoms with van der Waals surface area (Å²) in [6.45, 7) is 0. The Balaban J connectivity index is 1.22. The van der Waals surface area contributed by atoms with Gasteiger partial charge >= 0.3 is 282 Å². The Morgan fingerprint density at radius 3 is 1.73 bits per heavy atom. The van der Waals surface area contributed by atoms with Gasteiger partial charge in [0, 0.05) is 0 Å². The third-order valence-electron chi connectivity index (χ3n) is 10.8. The molecule has 3 nitrogen and oxygen atoms in total. The number of hydrogen-bond acceptors (Lipinski definition) is 1. The first-order valence-corrected chi connectivity index (χ1v) is 19.3. The second kappa shape index (κ2) is 10.4. The summed E-state index contributed by atoms with van der Waals surface area (Å²) in [6.07, 6.45) is 6.42. The molecule has 2 aliphatic carbocycles. The van der Waals surface area contributed by atoms with Crippen molar-refractivity contribution in [2.24, 2.45) is 5.92 Å². The van der Waals surface area contributed by atoms with Crippen LogP contribution in [0.1, 0.15) is 21.5 Å². The molecule has 11 rings (SSSR count). The van der Waals surface area contributed by atoms with Crippen molar-refractivity contribution in [3.8, 4) is 11.4 Å². The van der Waals surface area contributed by atoms with Crippen LogP contribution in [0, 0.1) is 5.92 Å². The van der Waals surface area contributed by atoms with Gasteiger partial charge < -0.3 is 0 Å². The molecule has 0 saturated carbocycles. The van der Waals surface area contributed by atoms with Crippen molar-refractivity contribution in [1.82, 2.24) is 9.13 Å². The standard InChI is InChI=1S/C45H29N2OTe/c48-45-34-15-5-10-20-42(34)49-43-26-28-23-27-21-22-41(46-37-16-6-1-11-30(37)31-12-2-7-17-38(31)46)44(35(27)24-29(28)25-36(43)45)47-39-18-8-3-13-32(39)33-14-4-9-19-40(33)47/h1-22,25-26,36H,23-24H2. The van der Waals surface area contributed by atoms with E-state index in [9.17, 15) is 4.79 Å². The molecule has 49 heavy (non-hydrogen) atoms. The molecule has 1 unspecified atom stereocenters. The van der Waals surface area contributed by atoms with Crippen LogP contribution in [0.5, 0.6) is 0 Å². The van der Waals surface area contributed by atoms with Gasteiger partial charge in [0.25, 0.3) is 0 Å². The molecular formula is C45H29N2OTe. The molecule has 231 valence electrons. The van der Waals surface area contributed by atoms with Crippen molar-refractivity contribution in [3.63, 3.8) is 0 Å². The Labute approximate surface area is 293 Å². The molecule has 0 saturated heterocycles. The van der Waals surface area contributed by atoms with Crippen molar-refractivity contribution in [1.29, 1.82) is 0 Å². The van der Waals surface area contributed by atoms with E-state index >= 15 is 0 Å². The van der Waals surface area contributed by atoms with Crippen LogP contribution < -0.4 is 3.61 Å². The molecule has 0 bridgehead atoms. The zero-order valence-corrected chi connectivity index (χ0v) is 28.9. The van der Waals surface area contributed by atoms with E-state index in [1.165, 1.54) is 84.4 Å². The molecule has 1 radical (unpaired) electrons. The fourth-order valence-electron chi connectivity index (χ4n) is 8.63. The maximum absolute atomic E-state index is 13.9. The molecule has 8 aromatic rings. The summed E-state index contributed by atoms with van der Waals surface area (Å²) in [4.78, 5) is 13.9. The summed E-state index contributed by atoms with van der Waals surface area (Å²) in [5, 5.41) is 5.03. The normalized spacial score (nSPS) is 16.6. The predicted molar refractivity (Wildman–Crippen MR) is 203 cm³/mol. The van der Waals surface area contributed by atoms with E-state index in [2.05, 4.69) is 143 Å². The minimum atomic E-state index is -0.591. The van der Waals surface area contributed by atoms with Gasteiger partial charge in [0.15, 0.2) is 0 Å². The summed E-state index contributed by atoms with van der Waals surface area (Å²) < 4.78 is 7.63. The van der Waals surface area contributed by atoms with E-state index < -0.39 is 20.5 Å². The number of hydrogen-bond donors (Lipinski definition) is 0. The first-order chi connectivity index (χ1) is 24.2. The fraction of sp³-hybridized carbons (Fsp3) is 0.0667. The van der Waals surface area contributed by atoms with Crippen molar-refractivity contribution >= 4 is 77.0 Å². The Morgan fingerprint density at radius 1 is 0.551 bits per heavy atom. The summed E-state index contributed by atoms with van der Waals surface area (Å²) in [5.41, 5.74) is 13.6. The number of rotatable bonds is 2. The van der Waals surface area contributed by atoms with Gasteiger partial charge in [-0.15, -0.1) is 0 Å². The zero-order chi connectivity index (χ0) is 32.2. The van der Waals surface area contributed by atoms with Gasteiger partial charge in [0.05, 0.1) is 0 Å². The molecular weight excluding hydrogens is 712 g/mol. The predicted octanol–water partition coefficient (Wildman–Crippen LogP) is 8.86. The molecule has 0 spiro atoms. The van der Waals surface area contributed by atoms with Gasteiger partial charge in [-0.1, -0.05) is 12.1 Å². The molecule has 0 N–H and O–H groups in total. The average Bonchev–Trinajstić information content (AvgIpc) is 3.66. The van der Waals surface area contributed by atoms with E-state index in [0.717, 1.165) is 18.4 Å². The molecule has 1 atom stereocenters. The third kappa shape index (κ3) is 3.91. The monoisotopic (exact) mass is 743 g/mol. The fourth-order valence-corrected chi connectivity index (χ4v) is 12.0. The Hall–Kier alpha value is -5.27. The minimum absolute atomic E-state index is 0.130. The molecule has 2 aromatic heterocycles. The number of nitrogens with zero attached hydrogens (tertiary/aromatic N) is 2. The van der Waals surface area contributed by atoms with Gasteiger partial charge in [-0.25, -0.2) is 0 Å². The summed E-state index contributed by atoms with van der Waals surface area (Å²) in [6, 6.07) is 48.2. The zero-order valence-electron chi connectivity index (χ0n) is 26.6. The molecule has 4 heteroatoms. The van der Waals surface area contributed by atoms with Crippen LogP contribution in [-0.2, 0) is 12.8 Å². The van der Waals surface area contributed by atoms with Crippen molar-refractivity contribution < 1.29 is 4.79 Å². The molecule has 3 heterocycles. The van der Waals surface area contributed by atoms with Crippen molar-refractivity contribution in [2.75, 3.05) is 0 Å². The number of carbonyl (C=O) groups is 1. The molecule has 6 aromatic carbocycles. The van der Waals surface area contributed by atoms with E-state index in [4.69, 9.17) is 0 Å². The number of allylic oxidation sites excluding steroid dienone is 4. The van der Waals surface area contributed by atoms with Crippen LogP contribution in [0.3, 0.4) is 0 Å². The third-order valence-corrected chi connectivity index (χ3v) is 14.2. The summed E-state index contributed by atoms with van der Waals surface area (Å²) >= 11 is -0.591. The van der Waals surface area contributed by atoms with Crippen molar-refractivity contribution in [3.05, 3.63) is 173 Å². The number of aromatic nitrogens is 2. The Kier molecular flexibility index (Phi) is 5.85. The SMILES string of the molecule is O=C1c2ccccc2[Te]=C2C=C3Cc4ccc(-n5c6ccccc6c6ccccc65)c(-n5c6ccccc6c6ccccc65)c4CC3=CC12. The van der Waals surface area contributed by atoms with Gasteiger partial charge in [0.1, 0.15) is 0 Å². The van der Waals surface area contributed by atoms with Crippen LogP contribution in [-0.4, -0.2) is 38.9 Å². The second-order valence-electron chi connectivity index (χ2n) is 13.4.